The number of carboxylic acid groups (broad SMARTS) is 1. The van der Waals surface area contributed by atoms with Gasteiger partial charge in [-0.1, -0.05) is 6.92 Å². The molecule has 0 aliphatic rings. The highest BCUT2D eigenvalue weighted by Gasteiger charge is 2.12. The van der Waals surface area contributed by atoms with Gasteiger partial charge in [-0.05, 0) is 26.3 Å². The third-order valence-electron chi connectivity index (χ3n) is 2.15. The monoisotopic (exact) mass is 182 g/mol. The Morgan fingerprint density at radius 3 is 2.77 bits per heavy atom. The molecule has 0 spiro atoms. The molecule has 1 rings (SSSR count). The van der Waals surface area contributed by atoms with E-state index in [4.69, 9.17) is 5.11 Å². The van der Waals surface area contributed by atoms with E-state index in [9.17, 15) is 4.79 Å². The summed E-state index contributed by atoms with van der Waals surface area (Å²) in [4.78, 5) is 10.6. The van der Waals surface area contributed by atoms with Gasteiger partial charge in [0.25, 0.3) is 0 Å². The average molecular weight is 182 g/mol. The smallest absolute Gasteiger partial charge is 0.356 e. The van der Waals surface area contributed by atoms with Crippen molar-refractivity contribution in [2.75, 3.05) is 0 Å². The van der Waals surface area contributed by atoms with E-state index in [1.54, 1.807) is 10.7 Å². The summed E-state index contributed by atoms with van der Waals surface area (Å²) in [5.41, 5.74) is 1.02. The van der Waals surface area contributed by atoms with Gasteiger partial charge in [-0.15, -0.1) is 0 Å². The largest absolute Gasteiger partial charge is 0.476 e. The summed E-state index contributed by atoms with van der Waals surface area (Å²) in [5, 5.41) is 12.7. The van der Waals surface area contributed by atoms with Crippen LogP contribution in [0.1, 0.15) is 42.5 Å². The van der Waals surface area contributed by atoms with Gasteiger partial charge in [0.2, 0.25) is 0 Å². The van der Waals surface area contributed by atoms with Gasteiger partial charge in [0.1, 0.15) is 0 Å². The highest BCUT2D eigenvalue weighted by Crippen LogP contribution is 2.13. The Labute approximate surface area is 77.2 Å². The van der Waals surface area contributed by atoms with E-state index in [1.165, 1.54) is 0 Å². The summed E-state index contributed by atoms with van der Waals surface area (Å²) in [6, 6.07) is 1.85. The second-order valence-corrected chi connectivity index (χ2v) is 3.18. The summed E-state index contributed by atoms with van der Waals surface area (Å²) in [5.74, 6) is -0.967. The molecule has 0 aliphatic heterocycles. The quantitative estimate of drug-likeness (QED) is 0.776. The molecule has 1 heterocycles. The number of hydrogen-bond acceptors (Lipinski definition) is 2. The Balaban J connectivity index is 3.02. The van der Waals surface area contributed by atoms with Gasteiger partial charge in [0.15, 0.2) is 5.69 Å². The standard InChI is InChI=1S/C9H14N2O2/c1-4-6(2)11-7(3)5-8(10-11)9(12)13/h5-6H,4H2,1-3H3,(H,12,13). The molecule has 72 valence electrons. The highest BCUT2D eigenvalue weighted by atomic mass is 16.4. The number of hydrogen-bond donors (Lipinski definition) is 1. The minimum Gasteiger partial charge on any atom is -0.476 e. The van der Waals surface area contributed by atoms with Crippen LogP contribution in [0.25, 0.3) is 0 Å². The molecule has 0 saturated heterocycles. The zero-order valence-corrected chi connectivity index (χ0v) is 8.11. The molecule has 0 radical (unpaired) electrons. The summed E-state index contributed by atoms with van der Waals surface area (Å²) in [6.45, 7) is 5.93. The normalized spacial score (nSPS) is 12.8. The van der Waals surface area contributed by atoms with Crippen LogP contribution < -0.4 is 0 Å². The van der Waals surface area contributed by atoms with Crippen LogP contribution in [0.3, 0.4) is 0 Å². The van der Waals surface area contributed by atoms with Gasteiger partial charge in [-0.2, -0.15) is 5.10 Å². The van der Waals surface area contributed by atoms with Crippen LogP contribution in [0.15, 0.2) is 6.07 Å². The molecule has 0 amide bonds. The Bertz CT molecular complexity index is 317. The summed E-state index contributed by atoms with van der Waals surface area (Å²) < 4.78 is 1.75. The second-order valence-electron chi connectivity index (χ2n) is 3.18. The first kappa shape index (κ1) is 9.77. The van der Waals surface area contributed by atoms with Crippen molar-refractivity contribution < 1.29 is 9.90 Å². The van der Waals surface area contributed by atoms with Crippen molar-refractivity contribution in [1.82, 2.24) is 9.78 Å². The van der Waals surface area contributed by atoms with Gasteiger partial charge in [0, 0.05) is 11.7 Å². The predicted octanol–water partition coefficient (Wildman–Crippen LogP) is 1.86. The fourth-order valence-corrected chi connectivity index (χ4v) is 1.21. The molecule has 0 aliphatic carbocycles. The molecule has 1 N–H and O–H groups in total. The molecule has 13 heavy (non-hydrogen) atoms. The number of nitrogens with zero attached hydrogens (tertiary/aromatic N) is 2. The maximum Gasteiger partial charge on any atom is 0.356 e. The van der Waals surface area contributed by atoms with Crippen molar-refractivity contribution in [2.45, 2.75) is 33.2 Å². The Morgan fingerprint density at radius 2 is 2.38 bits per heavy atom. The summed E-state index contributed by atoms with van der Waals surface area (Å²) in [7, 11) is 0. The molecule has 0 bridgehead atoms. The molecule has 1 unspecified atom stereocenters. The van der Waals surface area contributed by atoms with E-state index in [0.717, 1.165) is 12.1 Å². The van der Waals surface area contributed by atoms with Crippen LogP contribution in [0.5, 0.6) is 0 Å². The van der Waals surface area contributed by atoms with Gasteiger partial charge in [-0.25, -0.2) is 4.79 Å². The van der Waals surface area contributed by atoms with Gasteiger partial charge in [0.05, 0.1) is 0 Å². The number of aryl methyl sites for hydroxylation is 1. The van der Waals surface area contributed by atoms with Crippen LogP contribution >= 0.6 is 0 Å². The predicted molar refractivity (Wildman–Crippen MR) is 48.9 cm³/mol. The summed E-state index contributed by atoms with van der Waals surface area (Å²) >= 11 is 0. The topological polar surface area (TPSA) is 55.1 Å². The minimum atomic E-state index is -0.967. The molecule has 1 aromatic heterocycles. The fraction of sp³-hybridized carbons (Fsp3) is 0.556. The van der Waals surface area contributed by atoms with Crippen molar-refractivity contribution in [2.24, 2.45) is 0 Å². The molecule has 0 fully saturated rings. The van der Waals surface area contributed by atoms with E-state index >= 15 is 0 Å². The van der Waals surface area contributed by atoms with Gasteiger partial charge < -0.3 is 5.11 Å². The maximum absolute atomic E-state index is 10.6. The average Bonchev–Trinajstić information content (AvgIpc) is 2.46. The zero-order chi connectivity index (χ0) is 10.0. The Morgan fingerprint density at radius 1 is 1.77 bits per heavy atom. The third-order valence-corrected chi connectivity index (χ3v) is 2.15. The van der Waals surface area contributed by atoms with Crippen molar-refractivity contribution in [3.8, 4) is 0 Å². The van der Waals surface area contributed by atoms with Crippen LogP contribution in [-0.2, 0) is 0 Å². The summed E-state index contributed by atoms with van der Waals surface area (Å²) in [6.07, 6.45) is 0.946. The number of aromatic carboxylic acids is 1. The lowest BCUT2D eigenvalue weighted by Gasteiger charge is -2.10. The van der Waals surface area contributed by atoms with E-state index in [1.807, 2.05) is 20.8 Å². The lowest BCUT2D eigenvalue weighted by Crippen LogP contribution is -2.08. The van der Waals surface area contributed by atoms with E-state index < -0.39 is 5.97 Å². The van der Waals surface area contributed by atoms with Crippen LogP contribution in [0.4, 0.5) is 0 Å². The molecule has 1 aromatic rings. The van der Waals surface area contributed by atoms with E-state index in [-0.39, 0.29) is 11.7 Å². The molecule has 4 nitrogen and oxygen atoms in total. The lowest BCUT2D eigenvalue weighted by molar-refractivity contribution is 0.0689. The molecule has 0 aromatic carbocycles. The first-order valence-electron chi connectivity index (χ1n) is 4.35. The maximum atomic E-state index is 10.6. The fourth-order valence-electron chi connectivity index (χ4n) is 1.21. The molecule has 1 atom stereocenters. The molecular weight excluding hydrogens is 168 g/mol. The van der Waals surface area contributed by atoms with Gasteiger partial charge in [-0.3, -0.25) is 4.68 Å². The number of carboxylic acids is 1. The number of aromatic nitrogens is 2. The van der Waals surface area contributed by atoms with Crippen LogP contribution in [0, 0.1) is 6.92 Å². The second kappa shape index (κ2) is 3.60. The first-order valence-corrected chi connectivity index (χ1v) is 4.35. The van der Waals surface area contributed by atoms with Crippen molar-refractivity contribution in [3.63, 3.8) is 0 Å². The SMILES string of the molecule is CCC(C)n1nc(C(=O)O)cc1C. The first-order chi connectivity index (χ1) is 6.06. The van der Waals surface area contributed by atoms with Crippen molar-refractivity contribution in [3.05, 3.63) is 17.5 Å². The number of rotatable bonds is 3. The van der Waals surface area contributed by atoms with E-state index in [0.29, 0.717) is 0 Å². The number of carbonyl (C=O) groups is 1. The van der Waals surface area contributed by atoms with Crippen molar-refractivity contribution in [1.29, 1.82) is 0 Å². The zero-order valence-electron chi connectivity index (χ0n) is 8.11. The van der Waals surface area contributed by atoms with Crippen LogP contribution in [-0.4, -0.2) is 20.9 Å². The highest BCUT2D eigenvalue weighted by molar-refractivity contribution is 5.85. The van der Waals surface area contributed by atoms with Crippen LogP contribution in [0.2, 0.25) is 0 Å². The minimum absolute atomic E-state index is 0.123. The third kappa shape index (κ3) is 1.88. The molecule has 0 saturated carbocycles. The Hall–Kier alpha value is -1.32. The van der Waals surface area contributed by atoms with Crippen molar-refractivity contribution >= 4 is 5.97 Å². The lowest BCUT2D eigenvalue weighted by atomic mass is 10.2. The molecular formula is C9H14N2O2. The van der Waals surface area contributed by atoms with Gasteiger partial charge >= 0.3 is 5.97 Å². The van der Waals surface area contributed by atoms with E-state index in [2.05, 4.69) is 5.10 Å². The Kier molecular flexibility index (Phi) is 2.70. The molecule has 4 heteroatoms.